The fourth-order valence-corrected chi connectivity index (χ4v) is 3.86. The normalized spacial score (nSPS) is 15.5. The third kappa shape index (κ3) is 7.64. The number of Topliss-reactive ketones (excluding diaryl/α,β-unsaturated/α-hetero) is 1. The second-order valence-corrected chi connectivity index (χ2v) is 8.50. The number of methoxy groups -OCH3 is 1. The van der Waals surface area contributed by atoms with Crippen molar-refractivity contribution in [2.45, 2.75) is 51.4 Å². The van der Waals surface area contributed by atoms with Crippen LogP contribution in [-0.4, -0.2) is 60.7 Å². The Morgan fingerprint density at radius 1 is 1.23 bits per heavy atom. The van der Waals surface area contributed by atoms with Crippen molar-refractivity contribution in [1.82, 2.24) is 15.3 Å². The summed E-state index contributed by atoms with van der Waals surface area (Å²) >= 11 is 0. The molecule has 190 valence electrons. The number of hydrogen-bond acceptors (Lipinski definition) is 7. The molecular weight excluding hydrogens is 465 g/mol. The summed E-state index contributed by atoms with van der Waals surface area (Å²) in [5.41, 5.74) is 1.60. The van der Waals surface area contributed by atoms with Gasteiger partial charge in [-0.3, -0.25) is 14.6 Å². The van der Waals surface area contributed by atoms with Crippen LogP contribution in [0.1, 0.15) is 54.3 Å². The summed E-state index contributed by atoms with van der Waals surface area (Å²) in [5, 5.41) is 2.90. The van der Waals surface area contributed by atoms with Gasteiger partial charge in [-0.1, -0.05) is 0 Å². The lowest BCUT2D eigenvalue weighted by molar-refractivity contribution is -0.154. The highest BCUT2D eigenvalue weighted by Gasteiger charge is 2.30. The van der Waals surface area contributed by atoms with Gasteiger partial charge < -0.3 is 19.7 Å². The van der Waals surface area contributed by atoms with E-state index in [1.54, 1.807) is 32.4 Å². The molecule has 1 aliphatic rings. The molecule has 1 amide bonds. The molecule has 3 heterocycles. The highest BCUT2D eigenvalue weighted by Crippen LogP contribution is 2.27. The molecule has 11 heteroatoms. The van der Waals surface area contributed by atoms with Crippen molar-refractivity contribution < 1.29 is 32.2 Å². The molecule has 0 saturated carbocycles. The second kappa shape index (κ2) is 11.5. The number of alkyl halides is 3. The topological polar surface area (TPSA) is 93.7 Å². The summed E-state index contributed by atoms with van der Waals surface area (Å²) in [6, 6.07) is 5.77. The van der Waals surface area contributed by atoms with Crippen LogP contribution in [0.5, 0.6) is 5.88 Å². The average molecular weight is 495 g/mol. The van der Waals surface area contributed by atoms with Crippen LogP contribution in [-0.2, 0) is 16.0 Å². The van der Waals surface area contributed by atoms with Gasteiger partial charge in [-0.05, 0) is 50.5 Å². The molecule has 1 unspecified atom stereocenters. The molecule has 0 aliphatic carbocycles. The number of rotatable bonds is 9. The number of nitrogens with one attached hydrogen (secondary N) is 1. The lowest BCUT2D eigenvalue weighted by atomic mass is 10.1. The number of anilines is 1. The van der Waals surface area contributed by atoms with E-state index >= 15 is 0 Å². The smallest absolute Gasteiger partial charge is 0.422 e. The summed E-state index contributed by atoms with van der Waals surface area (Å²) in [7, 11) is 1.63. The molecule has 1 aliphatic heterocycles. The Hall–Kier alpha value is -3.21. The van der Waals surface area contributed by atoms with Crippen molar-refractivity contribution in [3.8, 4) is 5.88 Å². The molecule has 8 nitrogen and oxygen atoms in total. The van der Waals surface area contributed by atoms with Crippen molar-refractivity contribution >= 4 is 17.5 Å². The van der Waals surface area contributed by atoms with Crippen molar-refractivity contribution in [1.29, 1.82) is 0 Å². The zero-order valence-electron chi connectivity index (χ0n) is 19.9. The van der Waals surface area contributed by atoms with Gasteiger partial charge in [0.1, 0.15) is 11.6 Å². The van der Waals surface area contributed by atoms with E-state index in [2.05, 4.69) is 15.3 Å². The van der Waals surface area contributed by atoms with Crippen molar-refractivity contribution in [2.24, 2.45) is 0 Å². The Morgan fingerprint density at radius 3 is 2.57 bits per heavy atom. The van der Waals surface area contributed by atoms with Gasteiger partial charge in [0, 0.05) is 44.6 Å². The van der Waals surface area contributed by atoms with Gasteiger partial charge in [-0.15, -0.1) is 0 Å². The largest absolute Gasteiger partial charge is 0.468 e. The van der Waals surface area contributed by atoms with E-state index in [1.807, 2.05) is 4.90 Å². The highest BCUT2D eigenvalue weighted by molar-refractivity contribution is 5.99. The van der Waals surface area contributed by atoms with Crippen LogP contribution < -0.4 is 15.0 Å². The molecule has 1 N–H and O–H groups in total. The van der Waals surface area contributed by atoms with Gasteiger partial charge in [0.15, 0.2) is 6.61 Å². The Bertz CT molecular complexity index is 1040. The van der Waals surface area contributed by atoms with E-state index in [9.17, 15) is 22.8 Å². The number of piperidine rings is 1. The number of carbonyl (C=O) groups is 2. The molecule has 2 aromatic heterocycles. The first kappa shape index (κ1) is 26.4. The summed E-state index contributed by atoms with van der Waals surface area (Å²) in [4.78, 5) is 34.9. The summed E-state index contributed by atoms with van der Waals surface area (Å²) < 4.78 is 48.1. The number of amides is 1. The van der Waals surface area contributed by atoms with E-state index in [0.717, 1.165) is 5.56 Å². The Balaban J connectivity index is 1.82. The van der Waals surface area contributed by atoms with Crippen molar-refractivity contribution in [3.63, 3.8) is 0 Å². The summed E-state index contributed by atoms with van der Waals surface area (Å²) in [6.07, 6.45) is -1.27. The van der Waals surface area contributed by atoms with Gasteiger partial charge >= 0.3 is 6.18 Å². The van der Waals surface area contributed by atoms with Crippen LogP contribution in [0.4, 0.5) is 19.0 Å². The number of pyridine rings is 2. The molecular formula is C24H29F3N4O4. The third-order valence-corrected chi connectivity index (χ3v) is 5.67. The minimum absolute atomic E-state index is 0.0212. The van der Waals surface area contributed by atoms with Crippen LogP contribution in [0.15, 0.2) is 30.5 Å². The monoisotopic (exact) mass is 494 g/mol. The molecule has 1 atom stereocenters. The van der Waals surface area contributed by atoms with Crippen LogP contribution in [0.25, 0.3) is 0 Å². The number of ketones is 1. The van der Waals surface area contributed by atoms with Crippen molar-refractivity contribution in [2.75, 3.05) is 31.7 Å². The Morgan fingerprint density at radius 2 is 1.94 bits per heavy atom. The molecule has 0 bridgehead atoms. The number of nitrogens with zero attached hydrogens (tertiary/aromatic N) is 3. The van der Waals surface area contributed by atoms with E-state index in [4.69, 9.17) is 9.47 Å². The standard InChI is InChI=1S/C24H29F3N4O4/c1-15(32)12-18-13-17(6-9-28-18)16(2)29-23(33)20-4-5-21(35-14-24(25,26)27)30-22(20)31-10-7-19(34-3)8-11-31/h4-6,9,13,16,19H,7-8,10-12,14H2,1-3H3,(H,29,33). The lowest BCUT2D eigenvalue weighted by Gasteiger charge is -2.33. The number of hydrogen-bond donors (Lipinski definition) is 1. The van der Waals surface area contributed by atoms with Gasteiger partial charge in [-0.25, -0.2) is 0 Å². The fraction of sp³-hybridized carbons (Fsp3) is 0.500. The first-order valence-electron chi connectivity index (χ1n) is 11.3. The van der Waals surface area contributed by atoms with E-state index < -0.39 is 24.7 Å². The van der Waals surface area contributed by atoms with Crippen molar-refractivity contribution in [3.05, 3.63) is 47.3 Å². The SMILES string of the molecule is COC1CCN(c2nc(OCC(F)(F)F)ccc2C(=O)NC(C)c2ccnc(CC(C)=O)c2)CC1. The van der Waals surface area contributed by atoms with E-state index in [1.165, 1.54) is 19.1 Å². The van der Waals surface area contributed by atoms with Crippen LogP contribution in [0.3, 0.4) is 0 Å². The number of carbonyl (C=O) groups excluding carboxylic acids is 2. The van der Waals surface area contributed by atoms with Gasteiger partial charge in [0.25, 0.3) is 5.91 Å². The quantitative estimate of drug-likeness (QED) is 0.569. The van der Waals surface area contributed by atoms with Gasteiger partial charge in [-0.2, -0.15) is 18.2 Å². The predicted octanol–water partition coefficient (Wildman–Crippen LogP) is 3.66. The zero-order valence-corrected chi connectivity index (χ0v) is 19.9. The third-order valence-electron chi connectivity index (χ3n) is 5.67. The van der Waals surface area contributed by atoms with E-state index in [-0.39, 0.29) is 35.6 Å². The molecule has 3 rings (SSSR count). The molecule has 2 aromatic rings. The summed E-state index contributed by atoms with van der Waals surface area (Å²) in [6.45, 7) is 2.86. The molecule has 0 aromatic carbocycles. The Kier molecular flexibility index (Phi) is 8.66. The first-order chi connectivity index (χ1) is 16.6. The summed E-state index contributed by atoms with van der Waals surface area (Å²) in [5.74, 6) is -0.400. The number of aromatic nitrogens is 2. The highest BCUT2D eigenvalue weighted by atomic mass is 19.4. The molecule has 0 spiro atoms. The van der Waals surface area contributed by atoms with E-state index in [0.29, 0.717) is 31.6 Å². The van der Waals surface area contributed by atoms with Gasteiger partial charge in [0.05, 0.1) is 17.7 Å². The molecule has 0 radical (unpaired) electrons. The maximum absolute atomic E-state index is 13.2. The second-order valence-electron chi connectivity index (χ2n) is 8.50. The van der Waals surface area contributed by atoms with Gasteiger partial charge in [0.2, 0.25) is 5.88 Å². The number of halogens is 3. The zero-order chi connectivity index (χ0) is 25.6. The fourth-order valence-electron chi connectivity index (χ4n) is 3.86. The lowest BCUT2D eigenvalue weighted by Crippen LogP contribution is -2.39. The van der Waals surface area contributed by atoms with Crippen LogP contribution in [0, 0.1) is 0 Å². The minimum atomic E-state index is -4.50. The average Bonchev–Trinajstić information content (AvgIpc) is 2.82. The molecule has 1 saturated heterocycles. The molecule has 35 heavy (non-hydrogen) atoms. The van der Waals surface area contributed by atoms with Crippen LogP contribution >= 0.6 is 0 Å². The maximum Gasteiger partial charge on any atom is 0.422 e. The Labute approximate surface area is 201 Å². The van der Waals surface area contributed by atoms with Crippen LogP contribution in [0.2, 0.25) is 0 Å². The minimum Gasteiger partial charge on any atom is -0.468 e. The number of ether oxygens (including phenoxy) is 2. The maximum atomic E-state index is 13.2. The predicted molar refractivity (Wildman–Crippen MR) is 123 cm³/mol. The first-order valence-corrected chi connectivity index (χ1v) is 11.3. The molecule has 1 fully saturated rings.